The SMILES string of the molecule is O=C(O)c1cnc(N2CCN(c3noc4ccc(Cl)cc34)CC2)c(Cl)c1. The Balaban J connectivity index is 1.52. The number of aromatic nitrogens is 2. The van der Waals surface area contributed by atoms with Crippen LogP contribution in [0.3, 0.4) is 0 Å². The lowest BCUT2D eigenvalue weighted by Crippen LogP contribution is -2.47. The van der Waals surface area contributed by atoms with Gasteiger partial charge in [-0.05, 0) is 24.3 Å². The van der Waals surface area contributed by atoms with E-state index in [1.165, 1.54) is 12.3 Å². The molecule has 1 aliphatic heterocycles. The van der Waals surface area contributed by atoms with Crippen LogP contribution in [0.5, 0.6) is 0 Å². The van der Waals surface area contributed by atoms with Gasteiger partial charge in [-0.1, -0.05) is 28.4 Å². The summed E-state index contributed by atoms with van der Waals surface area (Å²) in [7, 11) is 0. The number of benzene rings is 1. The number of fused-ring (bicyclic) bond motifs is 1. The lowest BCUT2D eigenvalue weighted by molar-refractivity contribution is 0.0696. The molecule has 0 amide bonds. The molecule has 2 aromatic heterocycles. The number of carboxylic acid groups (broad SMARTS) is 1. The van der Waals surface area contributed by atoms with Crippen molar-refractivity contribution in [2.75, 3.05) is 36.0 Å². The summed E-state index contributed by atoms with van der Waals surface area (Å²) >= 11 is 12.3. The Labute approximate surface area is 158 Å². The zero-order valence-corrected chi connectivity index (χ0v) is 15.0. The summed E-state index contributed by atoms with van der Waals surface area (Å²) in [5, 5.41) is 15.0. The third-order valence-corrected chi connectivity index (χ3v) is 4.87. The first-order chi connectivity index (χ1) is 12.5. The number of hydrogen-bond acceptors (Lipinski definition) is 6. The molecule has 9 heteroatoms. The van der Waals surface area contributed by atoms with Gasteiger partial charge in [0.15, 0.2) is 11.4 Å². The Morgan fingerprint density at radius 2 is 1.77 bits per heavy atom. The van der Waals surface area contributed by atoms with Crippen molar-refractivity contribution >= 4 is 51.8 Å². The lowest BCUT2D eigenvalue weighted by Gasteiger charge is -2.35. The lowest BCUT2D eigenvalue weighted by atomic mass is 10.2. The molecule has 1 aliphatic rings. The van der Waals surface area contributed by atoms with Gasteiger partial charge in [-0.3, -0.25) is 0 Å². The molecule has 1 aromatic carbocycles. The largest absolute Gasteiger partial charge is 0.478 e. The highest BCUT2D eigenvalue weighted by molar-refractivity contribution is 6.33. The molecule has 1 fully saturated rings. The first-order valence-corrected chi connectivity index (χ1v) is 8.72. The molecule has 4 rings (SSSR count). The number of anilines is 2. The van der Waals surface area contributed by atoms with Gasteiger partial charge in [0, 0.05) is 37.4 Å². The minimum absolute atomic E-state index is 0.0725. The summed E-state index contributed by atoms with van der Waals surface area (Å²) in [6, 6.07) is 6.84. The second-order valence-electron chi connectivity index (χ2n) is 5.96. The van der Waals surface area contributed by atoms with Gasteiger partial charge in [-0.2, -0.15) is 0 Å². The summed E-state index contributed by atoms with van der Waals surface area (Å²) in [4.78, 5) is 19.4. The van der Waals surface area contributed by atoms with Crippen molar-refractivity contribution in [1.82, 2.24) is 10.1 Å². The predicted molar refractivity (Wildman–Crippen MR) is 99.7 cm³/mol. The van der Waals surface area contributed by atoms with E-state index in [0.29, 0.717) is 47.6 Å². The van der Waals surface area contributed by atoms with Crippen LogP contribution < -0.4 is 9.80 Å². The molecule has 1 N–H and O–H groups in total. The van der Waals surface area contributed by atoms with Gasteiger partial charge in [0.2, 0.25) is 0 Å². The highest BCUT2D eigenvalue weighted by Gasteiger charge is 2.24. The van der Waals surface area contributed by atoms with Crippen LogP contribution in [0, 0.1) is 0 Å². The van der Waals surface area contributed by atoms with E-state index in [-0.39, 0.29) is 5.56 Å². The van der Waals surface area contributed by atoms with Gasteiger partial charge in [0.25, 0.3) is 0 Å². The molecule has 7 nitrogen and oxygen atoms in total. The standard InChI is InChI=1S/C17H14Cl2N4O3/c18-11-1-2-14-12(8-11)15(21-26-14)22-3-5-23(6-4-22)16-13(19)7-10(9-20-16)17(24)25/h1-2,7-9H,3-6H2,(H,24,25). The third kappa shape index (κ3) is 3.04. The molecule has 134 valence electrons. The maximum atomic E-state index is 11.0. The molecule has 0 saturated carbocycles. The number of carbonyl (C=O) groups is 1. The van der Waals surface area contributed by atoms with Crippen LogP contribution >= 0.6 is 23.2 Å². The molecule has 0 spiro atoms. The number of carboxylic acids is 1. The predicted octanol–water partition coefficient (Wildman–Crippen LogP) is 3.55. The van der Waals surface area contributed by atoms with Gasteiger partial charge in [0.1, 0.15) is 5.82 Å². The summed E-state index contributed by atoms with van der Waals surface area (Å²) < 4.78 is 5.37. The fraction of sp³-hybridized carbons (Fsp3) is 0.235. The van der Waals surface area contributed by atoms with Crippen molar-refractivity contribution in [3.63, 3.8) is 0 Å². The molecule has 3 aromatic rings. The quantitative estimate of drug-likeness (QED) is 0.729. The van der Waals surface area contributed by atoms with Crippen LogP contribution in [-0.2, 0) is 0 Å². The average Bonchev–Trinajstić information content (AvgIpc) is 3.05. The normalized spacial score (nSPS) is 14.8. The second kappa shape index (κ2) is 6.66. The fourth-order valence-corrected chi connectivity index (χ4v) is 3.49. The molecule has 0 bridgehead atoms. The Hall–Kier alpha value is -2.51. The number of piperazine rings is 1. The third-order valence-electron chi connectivity index (χ3n) is 4.36. The Morgan fingerprint density at radius 3 is 2.42 bits per heavy atom. The highest BCUT2D eigenvalue weighted by atomic mass is 35.5. The Kier molecular flexibility index (Phi) is 4.34. The van der Waals surface area contributed by atoms with Gasteiger partial charge < -0.3 is 19.4 Å². The molecule has 1 saturated heterocycles. The molecule has 3 heterocycles. The van der Waals surface area contributed by atoms with E-state index in [0.717, 1.165) is 11.2 Å². The number of nitrogens with zero attached hydrogens (tertiary/aromatic N) is 4. The van der Waals surface area contributed by atoms with Gasteiger partial charge in [0.05, 0.1) is 16.0 Å². The summed E-state index contributed by atoms with van der Waals surface area (Å²) in [5.74, 6) is 0.305. The minimum Gasteiger partial charge on any atom is -0.478 e. The first-order valence-electron chi connectivity index (χ1n) is 7.96. The number of hydrogen-bond donors (Lipinski definition) is 1. The highest BCUT2D eigenvalue weighted by Crippen LogP contribution is 2.31. The first kappa shape index (κ1) is 16.9. The number of rotatable bonds is 3. The van der Waals surface area contributed by atoms with Gasteiger partial charge in [-0.15, -0.1) is 0 Å². The average molecular weight is 393 g/mol. The van der Waals surface area contributed by atoms with Crippen LogP contribution in [0.4, 0.5) is 11.6 Å². The van der Waals surface area contributed by atoms with Crippen LogP contribution in [0.15, 0.2) is 35.0 Å². The van der Waals surface area contributed by atoms with E-state index in [9.17, 15) is 4.79 Å². The molecule has 0 unspecified atom stereocenters. The molecule has 0 aliphatic carbocycles. The Morgan fingerprint density at radius 1 is 1.08 bits per heavy atom. The van der Waals surface area contributed by atoms with Crippen molar-refractivity contribution in [3.05, 3.63) is 46.1 Å². The summed E-state index contributed by atoms with van der Waals surface area (Å²) in [5.41, 5.74) is 0.768. The van der Waals surface area contributed by atoms with Crippen molar-refractivity contribution < 1.29 is 14.4 Å². The van der Waals surface area contributed by atoms with Crippen molar-refractivity contribution in [1.29, 1.82) is 0 Å². The van der Waals surface area contributed by atoms with E-state index in [1.807, 2.05) is 11.0 Å². The zero-order chi connectivity index (χ0) is 18.3. The van der Waals surface area contributed by atoms with E-state index in [1.54, 1.807) is 12.1 Å². The monoisotopic (exact) mass is 392 g/mol. The van der Waals surface area contributed by atoms with E-state index >= 15 is 0 Å². The maximum Gasteiger partial charge on any atom is 0.337 e. The second-order valence-corrected chi connectivity index (χ2v) is 6.80. The summed E-state index contributed by atoms with van der Waals surface area (Å²) in [6.45, 7) is 2.75. The molecular formula is C17H14Cl2N4O3. The van der Waals surface area contributed by atoms with Gasteiger partial charge in [-0.25, -0.2) is 9.78 Å². The van der Waals surface area contributed by atoms with E-state index in [2.05, 4.69) is 15.0 Å². The van der Waals surface area contributed by atoms with Crippen LogP contribution in [0.25, 0.3) is 11.0 Å². The summed E-state index contributed by atoms with van der Waals surface area (Å²) in [6.07, 6.45) is 1.32. The van der Waals surface area contributed by atoms with Crippen molar-refractivity contribution in [2.24, 2.45) is 0 Å². The zero-order valence-electron chi connectivity index (χ0n) is 13.5. The number of aromatic carboxylic acids is 1. The smallest absolute Gasteiger partial charge is 0.337 e. The maximum absolute atomic E-state index is 11.0. The fourth-order valence-electron chi connectivity index (χ4n) is 3.04. The molecule has 0 atom stereocenters. The molecule has 0 radical (unpaired) electrons. The van der Waals surface area contributed by atoms with Crippen molar-refractivity contribution in [3.8, 4) is 0 Å². The van der Waals surface area contributed by atoms with Crippen molar-refractivity contribution in [2.45, 2.75) is 0 Å². The van der Waals surface area contributed by atoms with Crippen LogP contribution in [0.2, 0.25) is 10.0 Å². The molecule has 26 heavy (non-hydrogen) atoms. The van der Waals surface area contributed by atoms with E-state index in [4.69, 9.17) is 32.8 Å². The number of halogens is 2. The minimum atomic E-state index is -1.05. The Bertz CT molecular complexity index is 983. The number of pyridine rings is 1. The molecular weight excluding hydrogens is 379 g/mol. The topological polar surface area (TPSA) is 82.7 Å². The van der Waals surface area contributed by atoms with E-state index < -0.39 is 5.97 Å². The van der Waals surface area contributed by atoms with Crippen LogP contribution in [0.1, 0.15) is 10.4 Å². The van der Waals surface area contributed by atoms with Crippen LogP contribution in [-0.4, -0.2) is 47.4 Å². The van der Waals surface area contributed by atoms with Gasteiger partial charge >= 0.3 is 5.97 Å².